The summed E-state index contributed by atoms with van der Waals surface area (Å²) < 4.78 is 0. The van der Waals surface area contributed by atoms with Gasteiger partial charge in [-0.3, -0.25) is 4.79 Å². The number of hydrogen-bond donors (Lipinski definition) is 3. The van der Waals surface area contributed by atoms with Gasteiger partial charge in [0.1, 0.15) is 0 Å². The molecule has 0 aliphatic heterocycles. The van der Waals surface area contributed by atoms with Crippen LogP contribution in [-0.2, 0) is 4.79 Å². The molecule has 0 aromatic heterocycles. The fraction of sp³-hybridized carbons (Fsp3) is 0.917. The number of carboxylic acids is 1. The zero-order valence-electron chi connectivity index (χ0n) is 10.1. The minimum Gasteiger partial charge on any atom is -0.481 e. The number of rotatable bonds is 5. The van der Waals surface area contributed by atoms with E-state index in [0.717, 1.165) is 12.3 Å². The van der Waals surface area contributed by atoms with Gasteiger partial charge in [-0.1, -0.05) is 13.8 Å². The van der Waals surface area contributed by atoms with Gasteiger partial charge in [0, 0.05) is 12.6 Å². The summed E-state index contributed by atoms with van der Waals surface area (Å²) in [7, 11) is 0. The average Bonchev–Trinajstić information content (AvgIpc) is 2.15. The fourth-order valence-corrected chi connectivity index (χ4v) is 2.53. The average molecular weight is 229 g/mol. The summed E-state index contributed by atoms with van der Waals surface area (Å²) in [5.74, 6) is 0.456. The Morgan fingerprint density at radius 2 is 2.12 bits per heavy atom. The zero-order chi connectivity index (χ0) is 12.1. The van der Waals surface area contributed by atoms with E-state index in [0.29, 0.717) is 18.5 Å². The molecule has 1 aliphatic carbocycles. The molecule has 3 N–H and O–H groups in total. The number of aliphatic carboxylic acids is 1. The van der Waals surface area contributed by atoms with Crippen LogP contribution in [0.4, 0.5) is 0 Å². The van der Waals surface area contributed by atoms with Gasteiger partial charge in [0.2, 0.25) is 0 Å². The molecule has 1 rings (SSSR count). The van der Waals surface area contributed by atoms with Crippen LogP contribution in [0.5, 0.6) is 0 Å². The molecular weight excluding hydrogens is 206 g/mol. The first-order valence-corrected chi connectivity index (χ1v) is 6.12. The number of nitrogens with one attached hydrogen (secondary N) is 1. The largest absolute Gasteiger partial charge is 0.481 e. The Balaban J connectivity index is 2.24. The van der Waals surface area contributed by atoms with Gasteiger partial charge in [-0.05, 0) is 31.1 Å². The lowest BCUT2D eigenvalue weighted by molar-refractivity contribution is -0.139. The van der Waals surface area contributed by atoms with Crippen molar-refractivity contribution in [2.24, 2.45) is 11.8 Å². The first-order chi connectivity index (χ1) is 7.49. The summed E-state index contributed by atoms with van der Waals surface area (Å²) in [4.78, 5) is 10.4. The van der Waals surface area contributed by atoms with Gasteiger partial charge >= 0.3 is 5.97 Å². The SMILES string of the molecule is CC1CCC(NCC(O)CC(=O)O)C(C)C1. The number of carboxylic acid groups (broad SMARTS) is 1. The van der Waals surface area contributed by atoms with E-state index in [4.69, 9.17) is 5.11 Å². The molecule has 4 heteroatoms. The lowest BCUT2D eigenvalue weighted by Crippen LogP contribution is -2.42. The van der Waals surface area contributed by atoms with Crippen LogP contribution in [0.25, 0.3) is 0 Å². The topological polar surface area (TPSA) is 69.6 Å². The second kappa shape index (κ2) is 6.21. The van der Waals surface area contributed by atoms with Crippen molar-refractivity contribution in [3.63, 3.8) is 0 Å². The lowest BCUT2D eigenvalue weighted by Gasteiger charge is -2.33. The van der Waals surface area contributed by atoms with Crippen molar-refractivity contribution >= 4 is 5.97 Å². The molecule has 0 aromatic rings. The minimum absolute atomic E-state index is 0.176. The van der Waals surface area contributed by atoms with Crippen molar-refractivity contribution < 1.29 is 15.0 Å². The molecule has 0 bridgehead atoms. The van der Waals surface area contributed by atoms with Crippen LogP contribution in [-0.4, -0.2) is 34.9 Å². The van der Waals surface area contributed by atoms with Crippen molar-refractivity contribution in [1.82, 2.24) is 5.32 Å². The van der Waals surface area contributed by atoms with Gasteiger partial charge in [0.05, 0.1) is 12.5 Å². The standard InChI is InChI=1S/C12H23NO3/c1-8-3-4-11(9(2)5-8)13-7-10(14)6-12(15)16/h8-11,13-14H,3-7H2,1-2H3,(H,15,16). The molecule has 0 spiro atoms. The Morgan fingerprint density at radius 1 is 1.44 bits per heavy atom. The molecule has 4 nitrogen and oxygen atoms in total. The monoisotopic (exact) mass is 229 g/mol. The molecule has 94 valence electrons. The Labute approximate surface area is 97.0 Å². The first kappa shape index (κ1) is 13.5. The van der Waals surface area contributed by atoms with Crippen LogP contribution in [0.1, 0.15) is 39.5 Å². The normalized spacial score (nSPS) is 32.3. The second-order valence-electron chi connectivity index (χ2n) is 5.16. The van der Waals surface area contributed by atoms with E-state index in [1.807, 2.05) is 0 Å². The molecule has 0 saturated heterocycles. The molecule has 4 atom stereocenters. The molecule has 0 radical (unpaired) electrons. The Bertz CT molecular complexity index is 232. The van der Waals surface area contributed by atoms with Gasteiger partial charge in [0.25, 0.3) is 0 Å². The maximum absolute atomic E-state index is 10.4. The van der Waals surface area contributed by atoms with Crippen LogP contribution in [0.3, 0.4) is 0 Å². The predicted molar refractivity (Wildman–Crippen MR) is 62.2 cm³/mol. The molecule has 1 fully saturated rings. The molecule has 16 heavy (non-hydrogen) atoms. The van der Waals surface area contributed by atoms with Gasteiger partial charge in [0.15, 0.2) is 0 Å². The highest BCUT2D eigenvalue weighted by atomic mass is 16.4. The van der Waals surface area contributed by atoms with Crippen LogP contribution < -0.4 is 5.32 Å². The third-order valence-corrected chi connectivity index (χ3v) is 3.46. The molecule has 4 unspecified atom stereocenters. The first-order valence-electron chi connectivity index (χ1n) is 6.12. The van der Waals surface area contributed by atoms with Crippen LogP contribution in [0.2, 0.25) is 0 Å². The number of hydrogen-bond acceptors (Lipinski definition) is 3. The summed E-state index contributed by atoms with van der Waals surface area (Å²) in [6.45, 7) is 4.87. The second-order valence-corrected chi connectivity index (χ2v) is 5.16. The van der Waals surface area contributed by atoms with E-state index in [9.17, 15) is 9.90 Å². The molecule has 0 heterocycles. The van der Waals surface area contributed by atoms with Crippen molar-refractivity contribution in [2.75, 3.05) is 6.54 Å². The molecule has 0 aromatic carbocycles. The predicted octanol–water partition coefficient (Wildman–Crippen LogP) is 1.24. The molecule has 1 aliphatic rings. The van der Waals surface area contributed by atoms with Crippen molar-refractivity contribution in [3.8, 4) is 0 Å². The third-order valence-electron chi connectivity index (χ3n) is 3.46. The molecular formula is C12H23NO3. The summed E-state index contributed by atoms with van der Waals surface area (Å²) in [5, 5.41) is 21.2. The Hall–Kier alpha value is -0.610. The van der Waals surface area contributed by atoms with E-state index in [1.165, 1.54) is 12.8 Å². The number of aliphatic hydroxyl groups is 1. The third kappa shape index (κ3) is 4.49. The Morgan fingerprint density at radius 3 is 2.69 bits per heavy atom. The summed E-state index contributed by atoms with van der Waals surface area (Å²) in [6.07, 6.45) is 2.61. The summed E-state index contributed by atoms with van der Waals surface area (Å²) in [5.41, 5.74) is 0. The number of aliphatic hydroxyl groups excluding tert-OH is 1. The minimum atomic E-state index is -0.945. The van der Waals surface area contributed by atoms with E-state index in [1.54, 1.807) is 0 Å². The summed E-state index contributed by atoms with van der Waals surface area (Å²) >= 11 is 0. The van der Waals surface area contributed by atoms with Crippen molar-refractivity contribution in [3.05, 3.63) is 0 Å². The smallest absolute Gasteiger partial charge is 0.306 e. The van der Waals surface area contributed by atoms with E-state index in [-0.39, 0.29) is 6.42 Å². The van der Waals surface area contributed by atoms with Gasteiger partial charge in [-0.25, -0.2) is 0 Å². The molecule has 0 amide bonds. The Kier molecular flexibility index (Phi) is 5.22. The summed E-state index contributed by atoms with van der Waals surface area (Å²) in [6, 6.07) is 0.430. The van der Waals surface area contributed by atoms with Crippen LogP contribution >= 0.6 is 0 Å². The highest BCUT2D eigenvalue weighted by Crippen LogP contribution is 2.28. The van der Waals surface area contributed by atoms with Crippen LogP contribution in [0, 0.1) is 11.8 Å². The quantitative estimate of drug-likeness (QED) is 0.663. The van der Waals surface area contributed by atoms with Gasteiger partial charge < -0.3 is 15.5 Å². The highest BCUT2D eigenvalue weighted by molar-refractivity contribution is 5.67. The number of carbonyl (C=O) groups is 1. The van der Waals surface area contributed by atoms with E-state index in [2.05, 4.69) is 19.2 Å². The van der Waals surface area contributed by atoms with Gasteiger partial charge in [-0.2, -0.15) is 0 Å². The van der Waals surface area contributed by atoms with Crippen molar-refractivity contribution in [1.29, 1.82) is 0 Å². The van der Waals surface area contributed by atoms with E-state index >= 15 is 0 Å². The van der Waals surface area contributed by atoms with Crippen molar-refractivity contribution in [2.45, 2.75) is 51.7 Å². The lowest BCUT2D eigenvalue weighted by atomic mass is 9.80. The maximum Gasteiger partial charge on any atom is 0.306 e. The van der Waals surface area contributed by atoms with Gasteiger partial charge in [-0.15, -0.1) is 0 Å². The zero-order valence-corrected chi connectivity index (χ0v) is 10.1. The van der Waals surface area contributed by atoms with E-state index < -0.39 is 12.1 Å². The molecule has 1 saturated carbocycles. The highest BCUT2D eigenvalue weighted by Gasteiger charge is 2.25. The van der Waals surface area contributed by atoms with Crippen LogP contribution in [0.15, 0.2) is 0 Å². The maximum atomic E-state index is 10.4. The fourth-order valence-electron chi connectivity index (χ4n) is 2.53.